The zero-order valence-corrected chi connectivity index (χ0v) is 15.1. The van der Waals surface area contributed by atoms with Crippen LogP contribution in [0.15, 0.2) is 42.5 Å². The highest BCUT2D eigenvalue weighted by molar-refractivity contribution is 5.96. The first kappa shape index (κ1) is 17.2. The van der Waals surface area contributed by atoms with Crippen molar-refractivity contribution in [2.24, 2.45) is 0 Å². The van der Waals surface area contributed by atoms with Crippen LogP contribution in [0.3, 0.4) is 0 Å². The number of nitrogens with one attached hydrogen (secondary N) is 1. The molecule has 3 amide bonds. The number of urea groups is 1. The molecule has 2 aromatic rings. The number of hydrogen-bond acceptors (Lipinski definition) is 4. The van der Waals surface area contributed by atoms with Crippen LogP contribution in [0, 0.1) is 6.92 Å². The summed E-state index contributed by atoms with van der Waals surface area (Å²) in [5.74, 6) is 1.14. The molecule has 0 radical (unpaired) electrons. The third kappa shape index (κ3) is 3.67. The molecular weight excluding hydrogens is 346 g/mol. The van der Waals surface area contributed by atoms with E-state index in [4.69, 9.17) is 9.47 Å². The lowest BCUT2D eigenvalue weighted by Gasteiger charge is -2.18. The van der Waals surface area contributed by atoms with Gasteiger partial charge in [0.25, 0.3) is 0 Å². The van der Waals surface area contributed by atoms with Crippen molar-refractivity contribution in [2.75, 3.05) is 31.3 Å². The number of amides is 3. The molecule has 0 bridgehead atoms. The second kappa shape index (κ2) is 7.19. The van der Waals surface area contributed by atoms with Gasteiger partial charge in [0.1, 0.15) is 6.54 Å². The standard InChI is InChI=1S/C20H21N3O4/c1-14-2-4-15(5-3-14)11-21-19(24)12-22-8-9-23(20(22)25)16-6-7-17-18(10-16)27-13-26-17/h2-7,10H,8-9,11-13H2,1H3,(H,21,24). The van der Waals surface area contributed by atoms with Crippen LogP contribution < -0.4 is 19.7 Å². The predicted molar refractivity (Wildman–Crippen MR) is 99.9 cm³/mol. The summed E-state index contributed by atoms with van der Waals surface area (Å²) in [6.07, 6.45) is 0. The SMILES string of the molecule is Cc1ccc(CNC(=O)CN2CCN(c3ccc4c(c3)OCO4)C2=O)cc1. The summed E-state index contributed by atoms with van der Waals surface area (Å²) in [7, 11) is 0. The van der Waals surface area contributed by atoms with Gasteiger partial charge in [-0.05, 0) is 24.6 Å². The highest BCUT2D eigenvalue weighted by Gasteiger charge is 2.31. The van der Waals surface area contributed by atoms with Crippen molar-refractivity contribution in [1.82, 2.24) is 10.2 Å². The molecule has 2 aliphatic heterocycles. The van der Waals surface area contributed by atoms with Crippen LogP contribution in [0.4, 0.5) is 10.5 Å². The lowest BCUT2D eigenvalue weighted by atomic mass is 10.1. The Morgan fingerprint density at radius 1 is 1.07 bits per heavy atom. The Kier molecular flexibility index (Phi) is 4.58. The normalized spacial score (nSPS) is 15.4. The van der Waals surface area contributed by atoms with E-state index in [0.717, 1.165) is 11.3 Å². The number of nitrogens with zero attached hydrogens (tertiary/aromatic N) is 2. The number of anilines is 1. The third-order valence-corrected chi connectivity index (χ3v) is 4.71. The van der Waals surface area contributed by atoms with Crippen LogP contribution in [0.25, 0.3) is 0 Å². The summed E-state index contributed by atoms with van der Waals surface area (Å²) in [6.45, 7) is 3.75. The molecule has 1 N–H and O–H groups in total. The number of ether oxygens (including phenoxy) is 2. The first-order valence-electron chi connectivity index (χ1n) is 8.88. The topological polar surface area (TPSA) is 71.1 Å². The van der Waals surface area contributed by atoms with E-state index in [2.05, 4.69) is 5.32 Å². The number of carbonyl (C=O) groups excluding carboxylic acids is 2. The lowest BCUT2D eigenvalue weighted by molar-refractivity contribution is -0.121. The molecule has 27 heavy (non-hydrogen) atoms. The fourth-order valence-electron chi connectivity index (χ4n) is 3.16. The van der Waals surface area contributed by atoms with E-state index in [9.17, 15) is 9.59 Å². The molecule has 2 heterocycles. The highest BCUT2D eigenvalue weighted by Crippen LogP contribution is 2.36. The Bertz CT molecular complexity index is 866. The molecule has 2 aliphatic rings. The van der Waals surface area contributed by atoms with Crippen molar-refractivity contribution in [2.45, 2.75) is 13.5 Å². The molecule has 7 heteroatoms. The zero-order valence-electron chi connectivity index (χ0n) is 15.1. The van der Waals surface area contributed by atoms with Gasteiger partial charge in [0.2, 0.25) is 12.7 Å². The highest BCUT2D eigenvalue weighted by atomic mass is 16.7. The van der Waals surface area contributed by atoms with Crippen LogP contribution in [0.5, 0.6) is 11.5 Å². The van der Waals surface area contributed by atoms with Gasteiger partial charge in [-0.3, -0.25) is 9.69 Å². The number of benzene rings is 2. The Balaban J connectivity index is 1.33. The van der Waals surface area contributed by atoms with Crippen LogP contribution in [0.1, 0.15) is 11.1 Å². The summed E-state index contributed by atoms with van der Waals surface area (Å²) in [5.41, 5.74) is 2.95. The van der Waals surface area contributed by atoms with Gasteiger partial charge in [-0.25, -0.2) is 4.79 Å². The molecular formula is C20H21N3O4. The number of aryl methyl sites for hydroxylation is 1. The first-order chi connectivity index (χ1) is 13.1. The van der Waals surface area contributed by atoms with E-state index in [1.807, 2.05) is 37.3 Å². The van der Waals surface area contributed by atoms with Crippen LogP contribution in [0.2, 0.25) is 0 Å². The van der Waals surface area contributed by atoms with E-state index >= 15 is 0 Å². The summed E-state index contributed by atoms with van der Waals surface area (Å²) in [4.78, 5) is 28.1. The van der Waals surface area contributed by atoms with Crippen LogP contribution in [-0.4, -0.2) is 43.3 Å². The Hall–Kier alpha value is -3.22. The maximum atomic E-state index is 12.7. The molecule has 0 saturated carbocycles. The van der Waals surface area contributed by atoms with Gasteiger partial charge in [-0.2, -0.15) is 0 Å². The summed E-state index contributed by atoms with van der Waals surface area (Å²) < 4.78 is 10.7. The van der Waals surface area contributed by atoms with Crippen molar-refractivity contribution in [3.8, 4) is 11.5 Å². The minimum absolute atomic E-state index is 0.0474. The largest absolute Gasteiger partial charge is 0.454 e. The van der Waals surface area contributed by atoms with E-state index in [1.54, 1.807) is 21.9 Å². The molecule has 7 nitrogen and oxygen atoms in total. The summed E-state index contributed by atoms with van der Waals surface area (Å²) in [6, 6.07) is 13.2. The van der Waals surface area contributed by atoms with Gasteiger partial charge in [0.15, 0.2) is 11.5 Å². The third-order valence-electron chi connectivity index (χ3n) is 4.71. The fourth-order valence-corrected chi connectivity index (χ4v) is 3.16. The fraction of sp³-hybridized carbons (Fsp3) is 0.300. The molecule has 1 saturated heterocycles. The molecule has 0 unspecified atom stereocenters. The van der Waals surface area contributed by atoms with Gasteiger partial charge in [-0.15, -0.1) is 0 Å². The first-order valence-corrected chi connectivity index (χ1v) is 8.88. The van der Waals surface area contributed by atoms with Crippen molar-refractivity contribution in [3.05, 3.63) is 53.6 Å². The minimum Gasteiger partial charge on any atom is -0.454 e. The molecule has 0 atom stereocenters. The number of hydrogen-bond donors (Lipinski definition) is 1. The van der Waals surface area contributed by atoms with Crippen molar-refractivity contribution in [1.29, 1.82) is 0 Å². The van der Waals surface area contributed by atoms with Gasteiger partial charge < -0.3 is 19.7 Å². The average Bonchev–Trinajstić information content (AvgIpc) is 3.28. The van der Waals surface area contributed by atoms with Crippen molar-refractivity contribution in [3.63, 3.8) is 0 Å². The summed E-state index contributed by atoms with van der Waals surface area (Å²) >= 11 is 0. The number of carbonyl (C=O) groups is 2. The molecule has 0 aliphatic carbocycles. The minimum atomic E-state index is -0.181. The van der Waals surface area contributed by atoms with Gasteiger partial charge in [-0.1, -0.05) is 29.8 Å². The van der Waals surface area contributed by atoms with Gasteiger partial charge in [0.05, 0.1) is 0 Å². The second-order valence-corrected chi connectivity index (χ2v) is 6.66. The van der Waals surface area contributed by atoms with E-state index < -0.39 is 0 Å². The van der Waals surface area contributed by atoms with Crippen molar-refractivity contribution >= 4 is 17.6 Å². The molecule has 140 valence electrons. The Morgan fingerprint density at radius 3 is 2.67 bits per heavy atom. The molecule has 4 rings (SSSR count). The number of fused-ring (bicyclic) bond motifs is 1. The Labute approximate surface area is 157 Å². The Morgan fingerprint density at radius 2 is 1.85 bits per heavy atom. The second-order valence-electron chi connectivity index (χ2n) is 6.66. The van der Waals surface area contributed by atoms with E-state index in [1.165, 1.54) is 5.56 Å². The summed E-state index contributed by atoms with van der Waals surface area (Å²) in [5, 5.41) is 2.87. The van der Waals surface area contributed by atoms with Crippen LogP contribution in [-0.2, 0) is 11.3 Å². The molecule has 0 spiro atoms. The van der Waals surface area contributed by atoms with Gasteiger partial charge in [0, 0.05) is 31.4 Å². The maximum absolute atomic E-state index is 12.7. The maximum Gasteiger partial charge on any atom is 0.325 e. The monoisotopic (exact) mass is 367 g/mol. The molecule has 2 aromatic carbocycles. The quantitative estimate of drug-likeness (QED) is 0.880. The predicted octanol–water partition coefficient (Wildman–Crippen LogP) is 2.28. The van der Waals surface area contributed by atoms with E-state index in [0.29, 0.717) is 31.1 Å². The molecule has 0 aromatic heterocycles. The van der Waals surface area contributed by atoms with Crippen LogP contribution >= 0.6 is 0 Å². The van der Waals surface area contributed by atoms with Crippen molar-refractivity contribution < 1.29 is 19.1 Å². The number of rotatable bonds is 5. The smallest absolute Gasteiger partial charge is 0.325 e. The molecule has 1 fully saturated rings. The average molecular weight is 367 g/mol. The zero-order chi connectivity index (χ0) is 18.8. The van der Waals surface area contributed by atoms with Gasteiger partial charge >= 0.3 is 6.03 Å². The van der Waals surface area contributed by atoms with E-state index in [-0.39, 0.29) is 25.3 Å². The lowest BCUT2D eigenvalue weighted by Crippen LogP contribution is -2.39.